The summed E-state index contributed by atoms with van der Waals surface area (Å²) in [5.41, 5.74) is -4.65. The summed E-state index contributed by atoms with van der Waals surface area (Å²) in [6.07, 6.45) is -8.73. The molecule has 1 aliphatic rings. The fourth-order valence-electron chi connectivity index (χ4n) is 3.91. The van der Waals surface area contributed by atoms with Gasteiger partial charge in [0.05, 0.1) is 21.1 Å². The number of hydrogen-bond donors (Lipinski definition) is 0. The quantitative estimate of drug-likeness (QED) is 0.262. The first kappa shape index (κ1) is 25.8. The maximum Gasteiger partial charge on any atom is 0.433 e. The van der Waals surface area contributed by atoms with E-state index in [-0.39, 0.29) is 33.6 Å². The van der Waals surface area contributed by atoms with Crippen LogP contribution < -0.4 is 0 Å². The number of rotatable bonds is 6. The SMILES string of the molecule is O=COCC(c1cncnc1C(F)(F)F)N1CCC(c2cc(Cl)c(Cl)c(Cl)c2)(C(F)(F)F)C1. The highest BCUT2D eigenvalue weighted by atomic mass is 35.5. The molecule has 2 unspecified atom stereocenters. The van der Waals surface area contributed by atoms with Gasteiger partial charge in [0.1, 0.15) is 18.3 Å². The lowest BCUT2D eigenvalue weighted by molar-refractivity contribution is -0.188. The van der Waals surface area contributed by atoms with Crippen LogP contribution >= 0.6 is 34.8 Å². The number of alkyl halides is 6. The van der Waals surface area contributed by atoms with Crippen molar-refractivity contribution in [2.75, 3.05) is 19.7 Å². The number of nitrogens with zero attached hydrogens (tertiary/aromatic N) is 3. The minimum absolute atomic E-state index is 0.00409. The minimum atomic E-state index is -4.91. The summed E-state index contributed by atoms with van der Waals surface area (Å²) in [4.78, 5) is 18.7. The summed E-state index contributed by atoms with van der Waals surface area (Å²) in [6, 6.07) is 0.683. The molecule has 180 valence electrons. The molecule has 1 fully saturated rings. The van der Waals surface area contributed by atoms with E-state index in [0.717, 1.165) is 23.2 Å². The third-order valence-corrected chi connectivity index (χ3v) is 6.71. The molecule has 1 aromatic heterocycles. The van der Waals surface area contributed by atoms with Crippen LogP contribution in [-0.2, 0) is 21.1 Å². The second-order valence-corrected chi connectivity index (χ2v) is 8.52. The van der Waals surface area contributed by atoms with Crippen LogP contribution in [0.4, 0.5) is 26.3 Å². The van der Waals surface area contributed by atoms with Gasteiger partial charge in [-0.1, -0.05) is 34.8 Å². The lowest BCUT2D eigenvalue weighted by Crippen LogP contribution is -2.45. The number of carbonyl (C=O) groups excluding carboxylic acids is 1. The summed E-state index contributed by atoms with van der Waals surface area (Å²) in [5.74, 6) is 0. The molecule has 0 radical (unpaired) electrons. The van der Waals surface area contributed by atoms with Crippen molar-refractivity contribution in [2.45, 2.75) is 30.2 Å². The van der Waals surface area contributed by atoms with Gasteiger partial charge in [0.15, 0.2) is 5.69 Å². The molecule has 14 heteroatoms. The number of aromatic nitrogens is 2. The van der Waals surface area contributed by atoms with Gasteiger partial charge in [-0.05, 0) is 24.1 Å². The van der Waals surface area contributed by atoms with E-state index in [1.807, 2.05) is 0 Å². The maximum atomic E-state index is 14.4. The molecule has 1 saturated heterocycles. The van der Waals surface area contributed by atoms with E-state index in [1.54, 1.807) is 0 Å². The number of carbonyl (C=O) groups is 1. The molecule has 33 heavy (non-hydrogen) atoms. The Labute approximate surface area is 198 Å². The number of hydrogen-bond acceptors (Lipinski definition) is 5. The fraction of sp³-hybridized carbons (Fsp3) is 0.421. The number of benzene rings is 1. The monoisotopic (exact) mass is 535 g/mol. The van der Waals surface area contributed by atoms with Crippen molar-refractivity contribution >= 4 is 41.3 Å². The van der Waals surface area contributed by atoms with Crippen LogP contribution in [0.3, 0.4) is 0 Å². The van der Waals surface area contributed by atoms with Crippen molar-refractivity contribution in [3.05, 3.63) is 56.5 Å². The Morgan fingerprint density at radius 1 is 1.15 bits per heavy atom. The topological polar surface area (TPSA) is 55.3 Å². The van der Waals surface area contributed by atoms with Crippen molar-refractivity contribution in [1.82, 2.24) is 14.9 Å². The zero-order valence-corrected chi connectivity index (χ0v) is 18.6. The van der Waals surface area contributed by atoms with Crippen molar-refractivity contribution in [1.29, 1.82) is 0 Å². The lowest BCUT2D eigenvalue weighted by Gasteiger charge is -2.35. The van der Waals surface area contributed by atoms with E-state index in [1.165, 1.54) is 0 Å². The second kappa shape index (κ2) is 9.44. The summed E-state index contributed by atoms with van der Waals surface area (Å²) in [5, 5.41) is -0.515. The summed E-state index contributed by atoms with van der Waals surface area (Å²) < 4.78 is 88.3. The number of likely N-dealkylation sites (tertiary alicyclic amines) is 1. The average molecular weight is 537 g/mol. The van der Waals surface area contributed by atoms with Gasteiger partial charge in [-0.15, -0.1) is 0 Å². The highest BCUT2D eigenvalue weighted by molar-refractivity contribution is 6.48. The molecule has 0 amide bonds. The molecule has 1 aromatic carbocycles. The van der Waals surface area contributed by atoms with Gasteiger partial charge in [-0.2, -0.15) is 26.3 Å². The predicted octanol–water partition coefficient (Wildman–Crippen LogP) is 5.88. The van der Waals surface area contributed by atoms with Gasteiger partial charge in [0.2, 0.25) is 0 Å². The van der Waals surface area contributed by atoms with Gasteiger partial charge in [0.25, 0.3) is 6.47 Å². The zero-order valence-electron chi connectivity index (χ0n) is 16.4. The first-order chi connectivity index (χ1) is 15.3. The second-order valence-electron chi connectivity index (χ2n) is 7.32. The van der Waals surface area contributed by atoms with Gasteiger partial charge < -0.3 is 4.74 Å². The van der Waals surface area contributed by atoms with Gasteiger partial charge in [-0.25, -0.2) is 9.97 Å². The highest BCUT2D eigenvalue weighted by Gasteiger charge is 2.60. The van der Waals surface area contributed by atoms with Crippen LogP contribution in [0.2, 0.25) is 15.1 Å². The molecular weight excluding hydrogens is 523 g/mol. The molecule has 0 saturated carbocycles. The van der Waals surface area contributed by atoms with Crippen LogP contribution in [-0.4, -0.2) is 47.2 Å². The van der Waals surface area contributed by atoms with E-state index < -0.39 is 54.6 Å². The molecule has 2 aromatic rings. The van der Waals surface area contributed by atoms with E-state index >= 15 is 0 Å². The average Bonchev–Trinajstić information content (AvgIpc) is 3.18. The summed E-state index contributed by atoms with van der Waals surface area (Å²) in [6.45, 7) is -1.69. The first-order valence-corrected chi connectivity index (χ1v) is 10.3. The molecule has 0 bridgehead atoms. The fourth-order valence-corrected chi connectivity index (χ4v) is 4.51. The smallest absolute Gasteiger partial charge is 0.433 e. The van der Waals surface area contributed by atoms with Crippen molar-refractivity contribution in [3.8, 4) is 0 Å². The molecule has 1 aliphatic heterocycles. The van der Waals surface area contributed by atoms with Crippen LogP contribution in [0.25, 0.3) is 0 Å². The predicted molar refractivity (Wildman–Crippen MR) is 107 cm³/mol. The van der Waals surface area contributed by atoms with Crippen LogP contribution in [0.1, 0.15) is 29.3 Å². The lowest BCUT2D eigenvalue weighted by atomic mass is 9.79. The Bertz CT molecular complexity index is 1010. The van der Waals surface area contributed by atoms with Crippen molar-refractivity contribution in [2.24, 2.45) is 0 Å². The first-order valence-electron chi connectivity index (χ1n) is 9.20. The Balaban J connectivity index is 2.09. The van der Waals surface area contributed by atoms with Crippen LogP contribution in [0.5, 0.6) is 0 Å². The Kier molecular flexibility index (Phi) is 7.38. The number of ether oxygens (including phenoxy) is 1. The van der Waals surface area contributed by atoms with Crippen molar-refractivity contribution < 1.29 is 35.9 Å². The third kappa shape index (κ3) is 5.01. The van der Waals surface area contributed by atoms with E-state index in [2.05, 4.69) is 14.7 Å². The third-order valence-electron chi connectivity index (χ3n) is 5.51. The maximum absolute atomic E-state index is 14.4. The van der Waals surface area contributed by atoms with Gasteiger partial charge in [0, 0.05) is 24.8 Å². The molecule has 5 nitrogen and oxygen atoms in total. The summed E-state index contributed by atoms with van der Waals surface area (Å²) >= 11 is 17.8. The molecule has 0 spiro atoms. The molecule has 2 atom stereocenters. The van der Waals surface area contributed by atoms with E-state index in [9.17, 15) is 31.1 Å². The Morgan fingerprint density at radius 2 is 1.79 bits per heavy atom. The van der Waals surface area contributed by atoms with Gasteiger partial charge >= 0.3 is 12.4 Å². The highest BCUT2D eigenvalue weighted by Crippen LogP contribution is 2.51. The zero-order chi connectivity index (χ0) is 24.6. The Hall–Kier alpha value is -1.82. The molecular formula is C19H14Cl3F6N3O2. The Morgan fingerprint density at radius 3 is 2.33 bits per heavy atom. The molecule has 0 aliphatic carbocycles. The number of halogens is 9. The van der Waals surface area contributed by atoms with E-state index in [0.29, 0.717) is 6.33 Å². The van der Waals surface area contributed by atoms with Crippen LogP contribution in [0, 0.1) is 0 Å². The molecule has 3 rings (SSSR count). The standard InChI is InChI=1S/C19H14Cl3F6N3O2/c20-12-3-10(4-13(21)15(12)22)17(19(26,27)28)1-2-31(7-17)14(6-33-9-32)11-5-29-8-30-16(11)18(23,24)25/h3-5,8-9,14H,1-2,6-7H2. The molecule has 2 heterocycles. The van der Waals surface area contributed by atoms with Gasteiger partial charge in [-0.3, -0.25) is 9.69 Å². The van der Waals surface area contributed by atoms with E-state index in [4.69, 9.17) is 34.8 Å². The van der Waals surface area contributed by atoms with Crippen LogP contribution in [0.15, 0.2) is 24.7 Å². The molecule has 0 N–H and O–H groups in total. The van der Waals surface area contributed by atoms with Crippen molar-refractivity contribution in [3.63, 3.8) is 0 Å². The summed E-state index contributed by atoms with van der Waals surface area (Å²) in [7, 11) is 0. The normalized spacial score (nSPS) is 20.6. The largest absolute Gasteiger partial charge is 0.466 e. The minimum Gasteiger partial charge on any atom is -0.466 e.